The van der Waals surface area contributed by atoms with E-state index < -0.39 is 0 Å². The molecule has 1 saturated heterocycles. The van der Waals surface area contributed by atoms with Gasteiger partial charge in [-0.2, -0.15) is 0 Å². The van der Waals surface area contributed by atoms with Gasteiger partial charge in [0.05, 0.1) is 5.69 Å². The van der Waals surface area contributed by atoms with Crippen LogP contribution in [0.1, 0.15) is 25.5 Å². The molecule has 0 aliphatic carbocycles. The zero-order valence-corrected chi connectivity index (χ0v) is 13.0. The molecule has 1 aromatic rings. The Morgan fingerprint density at radius 1 is 1.53 bits per heavy atom. The Hall–Kier alpha value is 0.0300. The number of pyridine rings is 1. The Labute approximate surface area is 119 Å². The van der Waals surface area contributed by atoms with E-state index in [9.17, 15) is 0 Å². The first-order valence-corrected chi connectivity index (χ1v) is 7.44. The molecule has 2 rings (SSSR count). The summed E-state index contributed by atoms with van der Waals surface area (Å²) in [7, 11) is 0. The van der Waals surface area contributed by atoms with Gasteiger partial charge in [0, 0.05) is 40.3 Å². The zero-order chi connectivity index (χ0) is 12.4. The number of hydrogen-bond donors (Lipinski definition) is 1. The number of halogens is 2. The molecule has 2 atom stereocenters. The van der Waals surface area contributed by atoms with Gasteiger partial charge in [-0.05, 0) is 57.7 Å². The van der Waals surface area contributed by atoms with Crippen LogP contribution >= 0.6 is 31.9 Å². The van der Waals surface area contributed by atoms with Crippen LogP contribution in [-0.2, 0) is 6.54 Å². The van der Waals surface area contributed by atoms with E-state index in [0.717, 1.165) is 40.6 Å². The van der Waals surface area contributed by atoms with E-state index in [1.54, 1.807) is 0 Å². The summed E-state index contributed by atoms with van der Waals surface area (Å²) in [6.45, 7) is 4.19. The summed E-state index contributed by atoms with van der Waals surface area (Å²) in [5.74, 6) is 0. The van der Waals surface area contributed by atoms with Crippen molar-refractivity contribution in [3.63, 3.8) is 0 Å². The van der Waals surface area contributed by atoms with Crippen molar-refractivity contribution < 1.29 is 0 Å². The molecule has 5 heteroatoms. The third kappa shape index (κ3) is 3.50. The summed E-state index contributed by atoms with van der Waals surface area (Å²) in [6.07, 6.45) is 4.01. The highest BCUT2D eigenvalue weighted by atomic mass is 79.9. The normalized spacial score (nSPS) is 26.1. The number of aromatic nitrogens is 1. The summed E-state index contributed by atoms with van der Waals surface area (Å²) in [5.41, 5.74) is 7.07. The Morgan fingerprint density at radius 3 is 2.94 bits per heavy atom. The maximum atomic E-state index is 5.97. The van der Waals surface area contributed by atoms with Gasteiger partial charge in [0.15, 0.2) is 0 Å². The van der Waals surface area contributed by atoms with Crippen molar-refractivity contribution >= 4 is 31.9 Å². The molecule has 2 N–H and O–H groups in total. The van der Waals surface area contributed by atoms with Gasteiger partial charge in [-0.15, -0.1) is 0 Å². The second-order valence-corrected chi connectivity index (χ2v) is 6.46. The highest BCUT2D eigenvalue weighted by molar-refractivity contribution is 9.11. The van der Waals surface area contributed by atoms with Crippen molar-refractivity contribution in [1.82, 2.24) is 9.88 Å². The summed E-state index contributed by atoms with van der Waals surface area (Å²) in [4.78, 5) is 6.91. The van der Waals surface area contributed by atoms with Crippen LogP contribution in [-0.4, -0.2) is 28.5 Å². The Balaban J connectivity index is 2.05. The third-order valence-corrected chi connectivity index (χ3v) is 4.41. The van der Waals surface area contributed by atoms with E-state index in [1.807, 2.05) is 12.3 Å². The van der Waals surface area contributed by atoms with Crippen LogP contribution < -0.4 is 5.73 Å². The zero-order valence-electron chi connectivity index (χ0n) is 9.87. The molecular formula is C12H17Br2N3. The molecule has 0 spiro atoms. The first-order valence-electron chi connectivity index (χ1n) is 5.86. The van der Waals surface area contributed by atoms with E-state index in [1.165, 1.54) is 0 Å². The van der Waals surface area contributed by atoms with Crippen molar-refractivity contribution in [2.45, 2.75) is 38.4 Å². The lowest BCUT2D eigenvalue weighted by Gasteiger charge is -2.36. The molecule has 0 saturated carbocycles. The van der Waals surface area contributed by atoms with Crippen molar-refractivity contribution in [2.75, 3.05) is 6.54 Å². The summed E-state index contributed by atoms with van der Waals surface area (Å²) in [6, 6.07) is 2.95. The monoisotopic (exact) mass is 361 g/mol. The standard InChI is InChI=1S/C12H17Br2N3/c1-8-4-10(15)2-3-17(8)7-12-11(14)5-9(13)6-16-12/h5-6,8,10H,2-4,7,15H2,1H3. The predicted molar refractivity (Wildman–Crippen MR) is 76.7 cm³/mol. The lowest BCUT2D eigenvalue weighted by molar-refractivity contribution is 0.138. The average molecular weight is 363 g/mol. The van der Waals surface area contributed by atoms with Gasteiger partial charge in [-0.1, -0.05) is 0 Å². The minimum Gasteiger partial charge on any atom is -0.328 e. The minimum atomic E-state index is 0.363. The Kier molecular flexibility index (Phi) is 4.58. The van der Waals surface area contributed by atoms with Crippen molar-refractivity contribution in [1.29, 1.82) is 0 Å². The van der Waals surface area contributed by atoms with Gasteiger partial charge in [0.1, 0.15) is 0 Å². The largest absolute Gasteiger partial charge is 0.328 e. The van der Waals surface area contributed by atoms with Crippen molar-refractivity contribution in [3.05, 3.63) is 26.9 Å². The smallest absolute Gasteiger partial charge is 0.0686 e. The molecule has 1 aliphatic heterocycles. The van der Waals surface area contributed by atoms with Crippen LogP contribution in [0, 0.1) is 0 Å². The molecule has 0 bridgehead atoms. The number of nitrogens with zero attached hydrogens (tertiary/aromatic N) is 2. The average Bonchev–Trinajstić information content (AvgIpc) is 2.25. The van der Waals surface area contributed by atoms with Crippen LogP contribution in [0.15, 0.2) is 21.2 Å². The lowest BCUT2D eigenvalue weighted by atomic mass is 9.99. The highest BCUT2D eigenvalue weighted by Gasteiger charge is 2.23. The molecule has 1 aliphatic rings. The third-order valence-electron chi connectivity index (χ3n) is 3.29. The first kappa shape index (κ1) is 13.5. The van der Waals surface area contributed by atoms with E-state index in [0.29, 0.717) is 12.1 Å². The SMILES string of the molecule is CC1CC(N)CCN1Cc1ncc(Br)cc1Br. The van der Waals surface area contributed by atoms with Gasteiger partial charge < -0.3 is 5.73 Å². The summed E-state index contributed by atoms with van der Waals surface area (Å²) in [5, 5.41) is 0. The number of rotatable bonds is 2. The second-order valence-electron chi connectivity index (χ2n) is 4.69. The van der Waals surface area contributed by atoms with Gasteiger partial charge in [0.2, 0.25) is 0 Å². The maximum absolute atomic E-state index is 5.97. The van der Waals surface area contributed by atoms with Crippen LogP contribution in [0.3, 0.4) is 0 Å². The highest BCUT2D eigenvalue weighted by Crippen LogP contribution is 2.24. The Bertz CT molecular complexity index is 397. The van der Waals surface area contributed by atoms with E-state index in [-0.39, 0.29) is 0 Å². The van der Waals surface area contributed by atoms with Crippen LogP contribution in [0.4, 0.5) is 0 Å². The lowest BCUT2D eigenvalue weighted by Crippen LogP contribution is -2.45. The Morgan fingerprint density at radius 2 is 2.29 bits per heavy atom. The number of piperidine rings is 1. The van der Waals surface area contributed by atoms with Gasteiger partial charge in [-0.25, -0.2) is 0 Å². The fraction of sp³-hybridized carbons (Fsp3) is 0.583. The van der Waals surface area contributed by atoms with Crippen molar-refractivity contribution in [2.24, 2.45) is 5.73 Å². The summed E-state index contributed by atoms with van der Waals surface area (Å²) >= 11 is 6.98. The van der Waals surface area contributed by atoms with Gasteiger partial charge in [0.25, 0.3) is 0 Å². The van der Waals surface area contributed by atoms with Crippen molar-refractivity contribution in [3.8, 4) is 0 Å². The molecule has 1 aromatic heterocycles. The molecular weight excluding hydrogens is 346 g/mol. The van der Waals surface area contributed by atoms with E-state index in [4.69, 9.17) is 5.73 Å². The molecule has 0 amide bonds. The fourth-order valence-corrected chi connectivity index (χ4v) is 3.36. The van der Waals surface area contributed by atoms with Crippen LogP contribution in [0.25, 0.3) is 0 Å². The minimum absolute atomic E-state index is 0.363. The maximum Gasteiger partial charge on any atom is 0.0686 e. The molecule has 0 aromatic carbocycles. The van der Waals surface area contributed by atoms with E-state index >= 15 is 0 Å². The topological polar surface area (TPSA) is 42.1 Å². The number of likely N-dealkylation sites (tertiary alicyclic amines) is 1. The molecule has 94 valence electrons. The van der Waals surface area contributed by atoms with Crippen LogP contribution in [0.5, 0.6) is 0 Å². The van der Waals surface area contributed by atoms with Crippen LogP contribution in [0.2, 0.25) is 0 Å². The van der Waals surface area contributed by atoms with Gasteiger partial charge >= 0.3 is 0 Å². The molecule has 2 heterocycles. The van der Waals surface area contributed by atoms with E-state index in [2.05, 4.69) is 48.7 Å². The number of nitrogens with two attached hydrogens (primary N) is 1. The first-order chi connectivity index (χ1) is 8.06. The quantitative estimate of drug-likeness (QED) is 0.879. The molecule has 3 nitrogen and oxygen atoms in total. The second kappa shape index (κ2) is 5.78. The van der Waals surface area contributed by atoms with Gasteiger partial charge in [-0.3, -0.25) is 9.88 Å². The fourth-order valence-electron chi connectivity index (χ4n) is 2.24. The molecule has 1 fully saturated rings. The molecule has 0 radical (unpaired) electrons. The molecule has 17 heavy (non-hydrogen) atoms. The molecule has 2 unspecified atom stereocenters. The predicted octanol–water partition coefficient (Wildman–Crippen LogP) is 2.92. The number of hydrogen-bond acceptors (Lipinski definition) is 3. The summed E-state index contributed by atoms with van der Waals surface area (Å²) < 4.78 is 2.07.